The molecule has 0 spiro atoms. The first-order chi connectivity index (χ1) is 7.67. The predicted molar refractivity (Wildman–Crippen MR) is 66.2 cm³/mol. The van der Waals surface area contributed by atoms with E-state index in [1.54, 1.807) is 0 Å². The Kier molecular flexibility index (Phi) is 3.88. The molecule has 0 aromatic rings. The van der Waals surface area contributed by atoms with Crippen molar-refractivity contribution < 1.29 is 5.11 Å². The summed E-state index contributed by atoms with van der Waals surface area (Å²) in [7, 11) is 2.18. The number of nitrogens with two attached hydrogens (primary N) is 1. The summed E-state index contributed by atoms with van der Waals surface area (Å²) in [5, 5.41) is 10.0. The lowest BCUT2D eigenvalue weighted by molar-refractivity contribution is 0.0231. The normalized spacial score (nSPS) is 33.0. The Morgan fingerprint density at radius 3 is 2.56 bits per heavy atom. The first kappa shape index (κ1) is 12.3. The summed E-state index contributed by atoms with van der Waals surface area (Å²) >= 11 is 0. The molecular formula is C13H26N2O. The van der Waals surface area contributed by atoms with Crippen LogP contribution in [0.1, 0.15) is 44.9 Å². The molecule has 0 heterocycles. The third-order valence-corrected chi connectivity index (χ3v) is 4.48. The third kappa shape index (κ3) is 2.76. The topological polar surface area (TPSA) is 49.5 Å². The number of hydrogen-bond donors (Lipinski definition) is 2. The van der Waals surface area contributed by atoms with Crippen LogP contribution in [-0.2, 0) is 0 Å². The van der Waals surface area contributed by atoms with Gasteiger partial charge in [-0.05, 0) is 51.1 Å². The van der Waals surface area contributed by atoms with Crippen molar-refractivity contribution in [3.63, 3.8) is 0 Å². The Labute approximate surface area is 99.0 Å². The van der Waals surface area contributed by atoms with Crippen molar-refractivity contribution in [3.05, 3.63) is 0 Å². The molecule has 2 rings (SSSR count). The molecule has 0 saturated heterocycles. The van der Waals surface area contributed by atoms with Crippen LogP contribution in [0.4, 0.5) is 0 Å². The van der Waals surface area contributed by atoms with E-state index in [0.717, 1.165) is 32.4 Å². The van der Waals surface area contributed by atoms with E-state index >= 15 is 0 Å². The average molecular weight is 226 g/mol. The fourth-order valence-corrected chi connectivity index (χ4v) is 3.22. The van der Waals surface area contributed by atoms with Crippen LogP contribution in [0.25, 0.3) is 0 Å². The molecule has 2 aliphatic rings. The fourth-order valence-electron chi connectivity index (χ4n) is 3.22. The van der Waals surface area contributed by atoms with Crippen LogP contribution >= 0.6 is 0 Å². The van der Waals surface area contributed by atoms with Crippen LogP contribution in [0.5, 0.6) is 0 Å². The summed E-state index contributed by atoms with van der Waals surface area (Å²) in [6.07, 6.45) is 8.33. The van der Waals surface area contributed by atoms with E-state index in [1.807, 2.05) is 0 Å². The molecule has 2 unspecified atom stereocenters. The smallest absolute Gasteiger partial charge is 0.0695 e. The zero-order valence-corrected chi connectivity index (χ0v) is 10.5. The lowest BCUT2D eigenvalue weighted by atomic mass is 9.90. The number of likely N-dealkylation sites (N-methyl/N-ethyl adjacent to an activating group) is 1. The molecule has 2 fully saturated rings. The molecule has 2 atom stereocenters. The maximum atomic E-state index is 10.0. The van der Waals surface area contributed by atoms with Crippen LogP contribution < -0.4 is 5.73 Å². The summed E-state index contributed by atoms with van der Waals surface area (Å²) in [6, 6.07) is 0.393. The molecule has 2 saturated carbocycles. The fraction of sp³-hybridized carbons (Fsp3) is 1.00. The second-order valence-electron chi connectivity index (χ2n) is 5.87. The monoisotopic (exact) mass is 226 g/mol. The van der Waals surface area contributed by atoms with Gasteiger partial charge in [0.15, 0.2) is 0 Å². The second kappa shape index (κ2) is 5.03. The molecule has 16 heavy (non-hydrogen) atoms. The zero-order valence-electron chi connectivity index (χ0n) is 10.5. The van der Waals surface area contributed by atoms with Crippen molar-refractivity contribution >= 4 is 0 Å². The first-order valence-corrected chi connectivity index (χ1v) is 6.75. The molecule has 3 heteroatoms. The minimum absolute atomic E-state index is 0.104. The quantitative estimate of drug-likeness (QED) is 0.744. The lowest BCUT2D eigenvalue weighted by Crippen LogP contribution is -2.45. The molecule has 3 N–H and O–H groups in total. The summed E-state index contributed by atoms with van der Waals surface area (Å²) in [5.41, 5.74) is 6.17. The second-order valence-corrected chi connectivity index (χ2v) is 5.87. The zero-order chi connectivity index (χ0) is 11.6. The Morgan fingerprint density at radius 1 is 1.31 bits per heavy atom. The maximum Gasteiger partial charge on any atom is 0.0695 e. The van der Waals surface area contributed by atoms with E-state index in [2.05, 4.69) is 11.9 Å². The number of nitrogens with zero attached hydrogens (tertiary/aromatic N) is 1. The maximum absolute atomic E-state index is 10.0. The van der Waals surface area contributed by atoms with E-state index in [9.17, 15) is 5.11 Å². The summed E-state index contributed by atoms with van der Waals surface area (Å²) in [6.45, 7) is 1.94. The first-order valence-electron chi connectivity index (χ1n) is 6.75. The van der Waals surface area contributed by atoms with Crippen LogP contribution in [0, 0.1) is 5.41 Å². The van der Waals surface area contributed by atoms with Gasteiger partial charge >= 0.3 is 0 Å². The largest absolute Gasteiger partial charge is 0.391 e. The van der Waals surface area contributed by atoms with E-state index < -0.39 is 0 Å². The van der Waals surface area contributed by atoms with Gasteiger partial charge in [0.1, 0.15) is 0 Å². The Morgan fingerprint density at radius 2 is 2.00 bits per heavy atom. The van der Waals surface area contributed by atoms with Gasteiger partial charge in [0.25, 0.3) is 0 Å². The number of rotatable bonds is 5. The molecule has 0 aromatic heterocycles. The Bertz CT molecular complexity index is 228. The van der Waals surface area contributed by atoms with Crippen molar-refractivity contribution in [1.29, 1.82) is 0 Å². The van der Waals surface area contributed by atoms with Crippen LogP contribution in [0.3, 0.4) is 0 Å². The van der Waals surface area contributed by atoms with Crippen molar-refractivity contribution in [1.82, 2.24) is 4.90 Å². The van der Waals surface area contributed by atoms with Gasteiger partial charge in [-0.1, -0.05) is 12.8 Å². The minimum atomic E-state index is -0.104. The molecule has 2 aliphatic carbocycles. The molecule has 0 aromatic carbocycles. The molecule has 0 amide bonds. The standard InChI is InChI=1S/C13H26N2O/c1-15(10-13(6-7-13)8-9-14)11-4-2-3-5-12(11)16/h11-12,16H,2-10,14H2,1H3. The molecule has 94 valence electrons. The molecule has 3 nitrogen and oxygen atoms in total. The van der Waals surface area contributed by atoms with Crippen molar-refractivity contribution in [2.45, 2.75) is 57.1 Å². The Balaban J connectivity index is 1.84. The minimum Gasteiger partial charge on any atom is -0.391 e. The number of hydrogen-bond acceptors (Lipinski definition) is 3. The molecular weight excluding hydrogens is 200 g/mol. The van der Waals surface area contributed by atoms with Crippen molar-refractivity contribution in [3.8, 4) is 0 Å². The van der Waals surface area contributed by atoms with Gasteiger partial charge in [-0.3, -0.25) is 0 Å². The van der Waals surface area contributed by atoms with Crippen molar-refractivity contribution in [2.75, 3.05) is 20.1 Å². The summed E-state index contributed by atoms with van der Waals surface area (Å²) in [4.78, 5) is 2.40. The summed E-state index contributed by atoms with van der Waals surface area (Å²) in [5.74, 6) is 0. The molecule has 0 radical (unpaired) electrons. The van der Waals surface area contributed by atoms with E-state index in [-0.39, 0.29) is 6.10 Å². The highest BCUT2D eigenvalue weighted by Gasteiger charge is 2.43. The van der Waals surface area contributed by atoms with E-state index in [0.29, 0.717) is 11.5 Å². The van der Waals surface area contributed by atoms with Gasteiger partial charge in [-0.25, -0.2) is 0 Å². The van der Waals surface area contributed by atoms with Gasteiger partial charge in [0.2, 0.25) is 0 Å². The molecule has 0 aliphatic heterocycles. The van der Waals surface area contributed by atoms with E-state index in [1.165, 1.54) is 25.7 Å². The van der Waals surface area contributed by atoms with Gasteiger partial charge in [-0.15, -0.1) is 0 Å². The average Bonchev–Trinajstić information content (AvgIpc) is 2.99. The SMILES string of the molecule is CN(CC1(CCN)CC1)C1CCCCC1O. The number of aliphatic hydroxyl groups excluding tert-OH is 1. The van der Waals surface area contributed by atoms with Crippen molar-refractivity contribution in [2.24, 2.45) is 11.1 Å². The van der Waals surface area contributed by atoms with Gasteiger partial charge in [0, 0.05) is 12.6 Å². The lowest BCUT2D eigenvalue weighted by Gasteiger charge is -2.37. The molecule has 0 bridgehead atoms. The van der Waals surface area contributed by atoms with Crippen LogP contribution in [-0.4, -0.2) is 42.3 Å². The highest BCUT2D eigenvalue weighted by molar-refractivity contribution is 4.97. The predicted octanol–water partition coefficient (Wildman–Crippen LogP) is 1.35. The van der Waals surface area contributed by atoms with Crippen LogP contribution in [0.2, 0.25) is 0 Å². The summed E-state index contributed by atoms with van der Waals surface area (Å²) < 4.78 is 0. The highest BCUT2D eigenvalue weighted by Crippen LogP contribution is 2.49. The highest BCUT2D eigenvalue weighted by atomic mass is 16.3. The van der Waals surface area contributed by atoms with Gasteiger partial charge in [0.05, 0.1) is 6.10 Å². The van der Waals surface area contributed by atoms with Gasteiger partial charge < -0.3 is 15.7 Å². The Hall–Kier alpha value is -0.120. The van der Waals surface area contributed by atoms with Crippen LogP contribution in [0.15, 0.2) is 0 Å². The van der Waals surface area contributed by atoms with E-state index in [4.69, 9.17) is 5.73 Å². The third-order valence-electron chi connectivity index (χ3n) is 4.48. The number of aliphatic hydroxyl groups is 1. The van der Waals surface area contributed by atoms with Gasteiger partial charge in [-0.2, -0.15) is 0 Å².